The van der Waals surface area contributed by atoms with E-state index in [1.807, 2.05) is 0 Å². The van der Waals surface area contributed by atoms with Crippen molar-refractivity contribution in [3.8, 4) is 0 Å². The third kappa shape index (κ3) is 1.64. The van der Waals surface area contributed by atoms with Crippen LogP contribution in [0.4, 0.5) is 10.5 Å². The zero-order chi connectivity index (χ0) is 13.3. The Morgan fingerprint density at radius 1 is 1.28 bits per heavy atom. The number of imide groups is 2. The van der Waals surface area contributed by atoms with Gasteiger partial charge in [0.25, 0.3) is 5.91 Å². The van der Waals surface area contributed by atoms with Gasteiger partial charge >= 0.3 is 6.03 Å². The highest BCUT2D eigenvalue weighted by atomic mass is 32.1. The van der Waals surface area contributed by atoms with Gasteiger partial charge in [-0.3, -0.25) is 14.9 Å². The van der Waals surface area contributed by atoms with Gasteiger partial charge in [-0.1, -0.05) is 13.8 Å². The van der Waals surface area contributed by atoms with E-state index in [1.54, 1.807) is 30.7 Å². The van der Waals surface area contributed by atoms with Crippen molar-refractivity contribution in [2.45, 2.75) is 26.7 Å². The molecule has 0 atom stereocenters. The second-order valence-electron chi connectivity index (χ2n) is 4.17. The van der Waals surface area contributed by atoms with Gasteiger partial charge in [0.15, 0.2) is 0 Å². The summed E-state index contributed by atoms with van der Waals surface area (Å²) in [6.07, 6.45) is 0.754. The highest BCUT2D eigenvalue weighted by molar-refractivity contribution is 7.08. The molecule has 5 nitrogen and oxygen atoms in total. The van der Waals surface area contributed by atoms with Gasteiger partial charge in [0.2, 0.25) is 5.91 Å². The molecule has 1 aromatic rings. The number of carbonyl (C=O) groups is 3. The first-order valence-corrected chi connectivity index (χ1v) is 6.73. The number of urea groups is 1. The van der Waals surface area contributed by atoms with Crippen LogP contribution in [0.25, 0.3) is 0 Å². The van der Waals surface area contributed by atoms with Gasteiger partial charge in [-0.2, -0.15) is 11.3 Å². The van der Waals surface area contributed by atoms with E-state index in [1.165, 1.54) is 11.3 Å². The Balaban J connectivity index is 2.46. The largest absolute Gasteiger partial charge is 0.335 e. The van der Waals surface area contributed by atoms with Gasteiger partial charge < -0.3 is 0 Å². The molecule has 4 amide bonds. The Kier molecular flexibility index (Phi) is 3.21. The van der Waals surface area contributed by atoms with Crippen LogP contribution >= 0.6 is 11.3 Å². The first kappa shape index (κ1) is 12.8. The van der Waals surface area contributed by atoms with E-state index in [0.717, 1.165) is 4.90 Å². The lowest BCUT2D eigenvalue weighted by Crippen LogP contribution is -2.63. The molecule has 0 aliphatic carbocycles. The van der Waals surface area contributed by atoms with Crippen molar-refractivity contribution in [3.05, 3.63) is 16.8 Å². The van der Waals surface area contributed by atoms with Crippen LogP contribution in [-0.4, -0.2) is 17.8 Å². The molecule has 1 fully saturated rings. The SMILES string of the molecule is CCC1(CC)C(=O)NC(=O)N(c2ccsc2)C1=O. The smallest absolute Gasteiger partial charge is 0.276 e. The van der Waals surface area contributed by atoms with Gasteiger partial charge in [-0.15, -0.1) is 0 Å². The summed E-state index contributed by atoms with van der Waals surface area (Å²) in [6, 6.07) is 1.02. The second kappa shape index (κ2) is 4.53. The minimum absolute atomic E-state index is 0.377. The zero-order valence-corrected chi connectivity index (χ0v) is 11.0. The van der Waals surface area contributed by atoms with E-state index in [2.05, 4.69) is 5.32 Å². The Bertz CT molecular complexity index is 491. The molecule has 18 heavy (non-hydrogen) atoms. The Hall–Kier alpha value is -1.69. The fourth-order valence-electron chi connectivity index (χ4n) is 2.17. The molecular weight excluding hydrogens is 252 g/mol. The topological polar surface area (TPSA) is 66.5 Å². The highest BCUT2D eigenvalue weighted by Crippen LogP contribution is 2.35. The number of nitrogens with one attached hydrogen (secondary N) is 1. The molecule has 1 aliphatic rings. The summed E-state index contributed by atoms with van der Waals surface area (Å²) < 4.78 is 0. The Morgan fingerprint density at radius 3 is 2.44 bits per heavy atom. The average Bonchev–Trinajstić information content (AvgIpc) is 2.84. The molecule has 0 unspecified atom stereocenters. The minimum atomic E-state index is -1.13. The molecule has 1 saturated heterocycles. The molecule has 96 valence electrons. The van der Waals surface area contributed by atoms with Crippen LogP contribution in [0.15, 0.2) is 16.8 Å². The molecule has 0 saturated carbocycles. The van der Waals surface area contributed by atoms with Crippen molar-refractivity contribution in [1.29, 1.82) is 0 Å². The predicted octanol–water partition coefficient (Wildman–Crippen LogP) is 2.14. The number of nitrogens with zero attached hydrogens (tertiary/aromatic N) is 1. The van der Waals surface area contributed by atoms with Crippen molar-refractivity contribution in [3.63, 3.8) is 0 Å². The minimum Gasteiger partial charge on any atom is -0.276 e. The lowest BCUT2D eigenvalue weighted by Gasteiger charge is -2.37. The molecular formula is C12H14N2O3S. The number of anilines is 1. The number of hydrogen-bond donors (Lipinski definition) is 1. The van der Waals surface area contributed by atoms with Crippen LogP contribution in [-0.2, 0) is 9.59 Å². The van der Waals surface area contributed by atoms with Crippen LogP contribution in [0.2, 0.25) is 0 Å². The molecule has 2 heterocycles. The zero-order valence-electron chi connectivity index (χ0n) is 10.2. The van der Waals surface area contributed by atoms with Crippen LogP contribution in [0.5, 0.6) is 0 Å². The van der Waals surface area contributed by atoms with Crippen LogP contribution in [0, 0.1) is 5.41 Å². The summed E-state index contributed by atoms with van der Waals surface area (Å²) in [5.74, 6) is -0.923. The summed E-state index contributed by atoms with van der Waals surface area (Å²) in [4.78, 5) is 37.3. The summed E-state index contributed by atoms with van der Waals surface area (Å²) in [6.45, 7) is 3.56. The summed E-state index contributed by atoms with van der Waals surface area (Å²) >= 11 is 1.39. The van der Waals surface area contributed by atoms with Crippen LogP contribution < -0.4 is 10.2 Å². The molecule has 2 rings (SSSR count). The van der Waals surface area contributed by atoms with E-state index < -0.39 is 23.3 Å². The van der Waals surface area contributed by atoms with Gasteiger partial charge in [0.1, 0.15) is 5.41 Å². The summed E-state index contributed by atoms with van der Waals surface area (Å²) in [5, 5.41) is 5.77. The maximum Gasteiger partial charge on any atom is 0.335 e. The maximum absolute atomic E-state index is 12.5. The molecule has 0 bridgehead atoms. The number of hydrogen-bond acceptors (Lipinski definition) is 4. The van der Waals surface area contributed by atoms with Gasteiger partial charge in [-0.25, -0.2) is 9.69 Å². The van der Waals surface area contributed by atoms with Crippen LogP contribution in [0.3, 0.4) is 0 Å². The average molecular weight is 266 g/mol. The summed E-state index contributed by atoms with van der Waals surface area (Å²) in [7, 11) is 0. The molecule has 1 aromatic heterocycles. The predicted molar refractivity (Wildman–Crippen MR) is 68.4 cm³/mol. The van der Waals surface area contributed by atoms with Gasteiger partial charge in [0, 0.05) is 5.38 Å². The molecule has 0 aromatic carbocycles. The maximum atomic E-state index is 12.5. The molecule has 1 N–H and O–H groups in total. The van der Waals surface area contributed by atoms with Gasteiger partial charge in [0.05, 0.1) is 5.69 Å². The normalized spacial score (nSPS) is 19.0. The monoisotopic (exact) mass is 266 g/mol. The van der Waals surface area contributed by atoms with E-state index in [0.29, 0.717) is 18.5 Å². The lowest BCUT2D eigenvalue weighted by molar-refractivity contribution is -0.143. The van der Waals surface area contributed by atoms with Crippen molar-refractivity contribution in [2.75, 3.05) is 4.90 Å². The molecule has 1 aliphatic heterocycles. The van der Waals surface area contributed by atoms with Crippen molar-refractivity contribution < 1.29 is 14.4 Å². The fourth-order valence-corrected chi connectivity index (χ4v) is 2.79. The molecule has 6 heteroatoms. The summed E-state index contributed by atoms with van der Waals surface area (Å²) in [5.41, 5.74) is -0.614. The second-order valence-corrected chi connectivity index (χ2v) is 4.95. The molecule has 0 radical (unpaired) electrons. The van der Waals surface area contributed by atoms with Crippen molar-refractivity contribution in [2.24, 2.45) is 5.41 Å². The van der Waals surface area contributed by atoms with Crippen molar-refractivity contribution >= 4 is 34.9 Å². The molecule has 0 spiro atoms. The van der Waals surface area contributed by atoms with E-state index in [9.17, 15) is 14.4 Å². The number of barbiturate groups is 1. The lowest BCUT2D eigenvalue weighted by atomic mass is 9.78. The number of rotatable bonds is 3. The van der Waals surface area contributed by atoms with Gasteiger partial charge in [-0.05, 0) is 24.3 Å². The quantitative estimate of drug-likeness (QED) is 0.852. The van der Waals surface area contributed by atoms with Crippen LogP contribution in [0.1, 0.15) is 26.7 Å². The van der Waals surface area contributed by atoms with Crippen molar-refractivity contribution in [1.82, 2.24) is 5.32 Å². The third-order valence-corrected chi connectivity index (χ3v) is 4.11. The fraction of sp³-hybridized carbons (Fsp3) is 0.417. The standard InChI is InChI=1S/C12H14N2O3S/c1-3-12(4-2)9(15)13-11(17)14(10(12)16)8-5-6-18-7-8/h5-7H,3-4H2,1-2H3,(H,13,15,17). The van der Waals surface area contributed by atoms with E-state index in [4.69, 9.17) is 0 Å². The Labute approximate surface area is 109 Å². The van der Waals surface area contributed by atoms with E-state index >= 15 is 0 Å². The highest BCUT2D eigenvalue weighted by Gasteiger charge is 2.51. The third-order valence-electron chi connectivity index (χ3n) is 3.44. The van der Waals surface area contributed by atoms with E-state index in [-0.39, 0.29) is 0 Å². The number of amides is 4. The number of carbonyl (C=O) groups excluding carboxylic acids is 3. The number of thiophene rings is 1. The first-order chi connectivity index (χ1) is 8.56. The Morgan fingerprint density at radius 2 is 1.94 bits per heavy atom. The first-order valence-electron chi connectivity index (χ1n) is 5.79.